The number of anilines is 2. The van der Waals surface area contributed by atoms with E-state index in [1.54, 1.807) is 12.4 Å². The minimum Gasteiger partial charge on any atom is -0.380 e. The number of nitrogens with zero attached hydrogens (tertiary/aromatic N) is 5. The molecule has 0 unspecified atom stereocenters. The maximum Gasteiger partial charge on any atom is 0.155 e. The molecule has 0 radical (unpaired) electrons. The summed E-state index contributed by atoms with van der Waals surface area (Å²) in [5.41, 5.74) is 5.98. The van der Waals surface area contributed by atoms with Crippen LogP contribution in [0.5, 0.6) is 0 Å². The van der Waals surface area contributed by atoms with Gasteiger partial charge < -0.3 is 15.0 Å². The zero-order chi connectivity index (χ0) is 21.6. The Kier molecular flexibility index (Phi) is 6.16. The van der Waals surface area contributed by atoms with Crippen molar-refractivity contribution in [1.82, 2.24) is 15.0 Å². The third-order valence-electron chi connectivity index (χ3n) is 5.66. The first-order valence-corrected chi connectivity index (χ1v) is 11.0. The number of aromatic nitrogens is 3. The largest absolute Gasteiger partial charge is 0.380 e. The summed E-state index contributed by atoms with van der Waals surface area (Å²) in [6.07, 6.45) is 13.1. The number of pyridine rings is 1. The molecule has 7 nitrogen and oxygen atoms in total. The van der Waals surface area contributed by atoms with Gasteiger partial charge in [0.25, 0.3) is 0 Å². The molecule has 1 fully saturated rings. The molecule has 0 saturated carbocycles. The first-order valence-electron chi connectivity index (χ1n) is 11.0. The van der Waals surface area contributed by atoms with Crippen LogP contribution in [-0.4, -0.2) is 54.0 Å². The molecule has 0 aliphatic carbocycles. The van der Waals surface area contributed by atoms with Gasteiger partial charge in [-0.25, -0.2) is 9.97 Å². The van der Waals surface area contributed by atoms with E-state index in [0.29, 0.717) is 6.54 Å². The van der Waals surface area contributed by atoms with Crippen molar-refractivity contribution >= 4 is 28.8 Å². The van der Waals surface area contributed by atoms with Crippen molar-refractivity contribution in [3.8, 4) is 11.3 Å². The highest BCUT2D eigenvalue weighted by Crippen LogP contribution is 2.27. The summed E-state index contributed by atoms with van der Waals surface area (Å²) in [5, 5.41) is 3.47. The molecule has 4 heterocycles. The number of nitrogens with one attached hydrogen (secondary N) is 1. The summed E-state index contributed by atoms with van der Waals surface area (Å²) < 4.78 is 5.58. The van der Waals surface area contributed by atoms with Crippen LogP contribution >= 0.6 is 0 Å². The average Bonchev–Trinajstić information content (AvgIpc) is 3.28. The molecule has 1 aromatic carbocycles. The van der Waals surface area contributed by atoms with Gasteiger partial charge in [0.1, 0.15) is 5.52 Å². The lowest BCUT2D eigenvalue weighted by Gasteiger charge is -2.22. The summed E-state index contributed by atoms with van der Waals surface area (Å²) in [6.45, 7) is 4.24. The Morgan fingerprint density at radius 2 is 1.94 bits per heavy atom. The summed E-state index contributed by atoms with van der Waals surface area (Å²) >= 11 is 0. The molecule has 7 heteroatoms. The fraction of sp³-hybridized carbons (Fsp3) is 0.280. The van der Waals surface area contributed by atoms with E-state index in [2.05, 4.69) is 55.5 Å². The van der Waals surface area contributed by atoms with Gasteiger partial charge in [0.05, 0.1) is 17.8 Å². The Balaban J connectivity index is 1.42. The van der Waals surface area contributed by atoms with E-state index in [1.807, 2.05) is 24.6 Å². The monoisotopic (exact) mass is 426 g/mol. The fourth-order valence-electron chi connectivity index (χ4n) is 3.95. The van der Waals surface area contributed by atoms with Gasteiger partial charge in [0, 0.05) is 62.3 Å². The third-order valence-corrected chi connectivity index (χ3v) is 5.66. The maximum absolute atomic E-state index is 5.58. The quantitative estimate of drug-likeness (QED) is 0.658. The molecule has 5 rings (SSSR count). The second-order valence-electron chi connectivity index (χ2n) is 7.85. The Labute approximate surface area is 187 Å². The number of aliphatic imine (C=N–C) groups is 1. The summed E-state index contributed by atoms with van der Waals surface area (Å²) in [7, 11) is 0. The van der Waals surface area contributed by atoms with Gasteiger partial charge in [-0.15, -0.1) is 0 Å². The lowest BCUT2D eigenvalue weighted by molar-refractivity contribution is 0.152. The van der Waals surface area contributed by atoms with E-state index in [4.69, 9.17) is 9.72 Å². The predicted octanol–water partition coefficient (Wildman–Crippen LogP) is 4.25. The van der Waals surface area contributed by atoms with Gasteiger partial charge >= 0.3 is 0 Å². The summed E-state index contributed by atoms with van der Waals surface area (Å²) in [5.74, 6) is 0.741. The number of allylic oxidation sites excluding steroid dienone is 2. The van der Waals surface area contributed by atoms with Gasteiger partial charge in [-0.3, -0.25) is 9.98 Å². The lowest BCUT2D eigenvalue weighted by Crippen LogP contribution is -2.25. The van der Waals surface area contributed by atoms with Gasteiger partial charge in [0.15, 0.2) is 5.82 Å². The van der Waals surface area contributed by atoms with Crippen LogP contribution in [0.3, 0.4) is 0 Å². The van der Waals surface area contributed by atoms with Crippen molar-refractivity contribution in [3.05, 3.63) is 66.7 Å². The average molecular weight is 427 g/mol. The van der Waals surface area contributed by atoms with E-state index in [1.165, 1.54) is 11.3 Å². The van der Waals surface area contributed by atoms with E-state index < -0.39 is 0 Å². The zero-order valence-electron chi connectivity index (χ0n) is 17.9. The van der Waals surface area contributed by atoms with Gasteiger partial charge in [0.2, 0.25) is 0 Å². The van der Waals surface area contributed by atoms with Crippen molar-refractivity contribution in [3.63, 3.8) is 0 Å². The Hall–Kier alpha value is -3.58. The van der Waals surface area contributed by atoms with Crippen LogP contribution in [0.4, 0.5) is 11.5 Å². The molecule has 0 bridgehead atoms. The molecule has 0 amide bonds. The van der Waals surface area contributed by atoms with E-state index in [-0.39, 0.29) is 0 Å². The Morgan fingerprint density at radius 3 is 2.88 bits per heavy atom. The highest BCUT2D eigenvalue weighted by Gasteiger charge is 2.13. The van der Waals surface area contributed by atoms with E-state index >= 15 is 0 Å². The van der Waals surface area contributed by atoms with Crippen LogP contribution < -0.4 is 10.2 Å². The molecule has 1 saturated heterocycles. The first kappa shape index (κ1) is 20.3. The van der Waals surface area contributed by atoms with Crippen molar-refractivity contribution in [2.45, 2.75) is 12.8 Å². The number of ether oxygens (including phenoxy) is 1. The number of hydrogen-bond donors (Lipinski definition) is 1. The van der Waals surface area contributed by atoms with Crippen LogP contribution in [0.25, 0.3) is 22.3 Å². The Bertz CT molecular complexity index is 1160. The maximum atomic E-state index is 5.58. The zero-order valence-corrected chi connectivity index (χ0v) is 17.9. The molecular formula is C25H26N6O. The molecule has 32 heavy (non-hydrogen) atoms. The van der Waals surface area contributed by atoms with Crippen molar-refractivity contribution in [2.75, 3.05) is 43.1 Å². The molecule has 162 valence electrons. The van der Waals surface area contributed by atoms with Crippen molar-refractivity contribution < 1.29 is 4.74 Å². The number of rotatable bonds is 5. The molecule has 1 N–H and O–H groups in total. The standard InChI is InChI=1S/C25H26N6O/c1-3-19(8-10-26-9-1)18-29-25-24-23(27-11-12-28-24)17-22(30-25)20-4-6-21(7-5-20)31-13-2-15-32-16-14-31/h1,4-12,17H,2-3,13-16,18H2,(H,29,30). The molecule has 2 aliphatic heterocycles. The number of benzene rings is 1. The predicted molar refractivity (Wildman–Crippen MR) is 129 cm³/mol. The molecule has 3 aromatic rings. The molecule has 0 spiro atoms. The fourth-order valence-corrected chi connectivity index (χ4v) is 3.95. The third kappa shape index (κ3) is 4.68. The summed E-state index contributed by atoms with van der Waals surface area (Å²) in [6, 6.07) is 10.6. The molecule has 2 aromatic heterocycles. The van der Waals surface area contributed by atoms with Crippen LogP contribution in [0.2, 0.25) is 0 Å². The smallest absolute Gasteiger partial charge is 0.155 e. The molecular weight excluding hydrogens is 400 g/mol. The van der Waals surface area contributed by atoms with Gasteiger partial charge in [-0.05, 0) is 42.7 Å². The minimum absolute atomic E-state index is 0.675. The normalized spacial score (nSPS) is 16.5. The van der Waals surface area contributed by atoms with Gasteiger partial charge in [-0.1, -0.05) is 18.2 Å². The van der Waals surface area contributed by atoms with Crippen molar-refractivity contribution in [2.24, 2.45) is 4.99 Å². The Morgan fingerprint density at radius 1 is 1.03 bits per heavy atom. The second-order valence-corrected chi connectivity index (χ2v) is 7.85. The van der Waals surface area contributed by atoms with Crippen LogP contribution in [0.1, 0.15) is 12.8 Å². The lowest BCUT2D eigenvalue weighted by atomic mass is 10.1. The highest BCUT2D eigenvalue weighted by atomic mass is 16.5. The topological polar surface area (TPSA) is 75.5 Å². The molecule has 2 aliphatic rings. The number of fused-ring (bicyclic) bond motifs is 1. The van der Waals surface area contributed by atoms with Gasteiger partial charge in [-0.2, -0.15) is 0 Å². The highest BCUT2D eigenvalue weighted by molar-refractivity contribution is 5.88. The minimum atomic E-state index is 0.675. The van der Waals surface area contributed by atoms with E-state index in [0.717, 1.165) is 67.3 Å². The number of hydrogen-bond acceptors (Lipinski definition) is 7. The van der Waals surface area contributed by atoms with Crippen LogP contribution in [-0.2, 0) is 4.74 Å². The first-order chi connectivity index (χ1) is 15.9. The van der Waals surface area contributed by atoms with E-state index in [9.17, 15) is 0 Å². The second kappa shape index (κ2) is 9.70. The SMILES string of the molecule is C1=CN=CC=C(CNc2nc(-c3ccc(N4CCCOCC4)cc3)cc3nccnc23)C1. The molecule has 0 atom stereocenters. The van der Waals surface area contributed by atoms with Crippen LogP contribution in [0.15, 0.2) is 71.6 Å². The summed E-state index contributed by atoms with van der Waals surface area (Å²) in [4.78, 5) is 20.5. The van der Waals surface area contributed by atoms with Crippen LogP contribution in [0, 0.1) is 0 Å². The van der Waals surface area contributed by atoms with Crippen molar-refractivity contribution in [1.29, 1.82) is 0 Å².